The van der Waals surface area contributed by atoms with Crippen LogP contribution in [0.3, 0.4) is 0 Å². The van der Waals surface area contributed by atoms with Crippen LogP contribution < -0.4 is 9.47 Å². The van der Waals surface area contributed by atoms with Gasteiger partial charge in [-0.05, 0) is 35.9 Å². The Morgan fingerprint density at radius 2 is 2.05 bits per heavy atom. The minimum absolute atomic E-state index is 0.283. The van der Waals surface area contributed by atoms with Gasteiger partial charge in [-0.3, -0.25) is 4.79 Å². The molecule has 5 heteroatoms. The van der Waals surface area contributed by atoms with E-state index in [2.05, 4.69) is 0 Å². The Kier molecular flexibility index (Phi) is 4.04. The summed E-state index contributed by atoms with van der Waals surface area (Å²) in [4.78, 5) is 11.0. The summed E-state index contributed by atoms with van der Waals surface area (Å²) < 4.78 is 11.3. The van der Waals surface area contributed by atoms with Gasteiger partial charge in [0.05, 0.1) is 12.2 Å². The van der Waals surface area contributed by atoms with Crippen LogP contribution in [0.25, 0.3) is 0 Å². The molecule has 0 saturated carbocycles. The van der Waals surface area contributed by atoms with Crippen LogP contribution in [0.4, 0.5) is 0 Å². The zero-order valence-corrected chi connectivity index (χ0v) is 12.6. The number of benzene rings is 2. The second-order valence-electron chi connectivity index (χ2n) is 4.74. The lowest BCUT2D eigenvalue weighted by molar-refractivity contribution is 0.111. The summed E-state index contributed by atoms with van der Waals surface area (Å²) in [5.41, 5.74) is 2.39. The highest BCUT2D eigenvalue weighted by molar-refractivity contribution is 6.31. The van der Waals surface area contributed by atoms with Crippen molar-refractivity contribution in [1.29, 1.82) is 0 Å². The van der Waals surface area contributed by atoms with Gasteiger partial charge in [-0.25, -0.2) is 0 Å². The summed E-state index contributed by atoms with van der Waals surface area (Å²) in [6, 6.07) is 8.66. The fourth-order valence-electron chi connectivity index (χ4n) is 2.35. The fraction of sp³-hybridized carbons (Fsp3) is 0.188. The van der Waals surface area contributed by atoms with Crippen LogP contribution in [0.1, 0.15) is 21.5 Å². The Labute approximate surface area is 132 Å². The zero-order valence-electron chi connectivity index (χ0n) is 11.1. The number of carbonyl (C=O) groups is 1. The summed E-state index contributed by atoms with van der Waals surface area (Å²) >= 11 is 12.0. The number of ether oxygens (including phenoxy) is 2. The van der Waals surface area contributed by atoms with Gasteiger partial charge in [0.1, 0.15) is 18.1 Å². The Balaban J connectivity index is 1.84. The summed E-state index contributed by atoms with van der Waals surface area (Å²) in [6.07, 6.45) is 1.57. The van der Waals surface area contributed by atoms with Crippen molar-refractivity contribution in [2.75, 3.05) is 6.61 Å². The molecule has 0 unspecified atom stereocenters. The molecule has 0 aromatic heterocycles. The molecular formula is C16H12Cl2O3. The second kappa shape index (κ2) is 5.96. The smallest absolute Gasteiger partial charge is 0.153 e. The molecule has 0 spiro atoms. The van der Waals surface area contributed by atoms with E-state index < -0.39 is 0 Å². The van der Waals surface area contributed by atoms with E-state index in [1.807, 2.05) is 12.1 Å². The minimum atomic E-state index is 0.283. The van der Waals surface area contributed by atoms with Crippen LogP contribution in [0, 0.1) is 0 Å². The molecule has 1 heterocycles. The fourth-order valence-corrected chi connectivity index (χ4v) is 2.80. The van der Waals surface area contributed by atoms with Gasteiger partial charge >= 0.3 is 0 Å². The maximum atomic E-state index is 11.0. The van der Waals surface area contributed by atoms with E-state index in [4.69, 9.17) is 32.7 Å². The first-order chi connectivity index (χ1) is 10.2. The lowest BCUT2D eigenvalue weighted by atomic mass is 10.1. The van der Waals surface area contributed by atoms with Gasteiger partial charge in [-0.2, -0.15) is 0 Å². The standard InChI is InChI=1S/C16H12Cl2O3/c17-13-1-2-15(11(6-13)8-19)21-9-12-7-14(18)5-10-3-4-20-16(10)12/h1-2,5-8H,3-4,9H2. The molecule has 21 heavy (non-hydrogen) atoms. The molecule has 0 amide bonds. The molecule has 0 fully saturated rings. The molecule has 108 valence electrons. The number of hydrogen-bond acceptors (Lipinski definition) is 3. The van der Waals surface area contributed by atoms with Crippen molar-refractivity contribution >= 4 is 29.5 Å². The van der Waals surface area contributed by atoms with Gasteiger partial charge in [-0.1, -0.05) is 23.2 Å². The monoisotopic (exact) mass is 322 g/mol. The molecular weight excluding hydrogens is 311 g/mol. The first-order valence-electron chi connectivity index (χ1n) is 6.49. The predicted molar refractivity (Wildman–Crippen MR) is 81.8 cm³/mol. The van der Waals surface area contributed by atoms with E-state index in [1.165, 1.54) is 0 Å². The number of rotatable bonds is 4. The maximum absolute atomic E-state index is 11.0. The van der Waals surface area contributed by atoms with E-state index in [9.17, 15) is 4.79 Å². The first-order valence-corrected chi connectivity index (χ1v) is 7.24. The van der Waals surface area contributed by atoms with E-state index in [0.29, 0.717) is 28.0 Å². The van der Waals surface area contributed by atoms with E-state index in [1.54, 1.807) is 18.2 Å². The van der Waals surface area contributed by atoms with Crippen molar-refractivity contribution in [2.24, 2.45) is 0 Å². The zero-order chi connectivity index (χ0) is 14.8. The quantitative estimate of drug-likeness (QED) is 0.786. The third kappa shape index (κ3) is 2.99. The van der Waals surface area contributed by atoms with Gasteiger partial charge in [0, 0.05) is 22.0 Å². The highest BCUT2D eigenvalue weighted by Crippen LogP contribution is 2.34. The van der Waals surface area contributed by atoms with Crippen molar-refractivity contribution in [3.63, 3.8) is 0 Å². The summed E-state index contributed by atoms with van der Waals surface area (Å²) in [5, 5.41) is 1.15. The topological polar surface area (TPSA) is 35.5 Å². The largest absolute Gasteiger partial charge is 0.493 e. The van der Waals surface area contributed by atoms with E-state index in [-0.39, 0.29) is 6.61 Å². The summed E-state index contributed by atoms with van der Waals surface area (Å²) in [7, 11) is 0. The molecule has 0 atom stereocenters. The molecule has 2 aromatic carbocycles. The molecule has 0 aliphatic carbocycles. The van der Waals surface area contributed by atoms with Gasteiger partial charge in [0.25, 0.3) is 0 Å². The van der Waals surface area contributed by atoms with Crippen molar-refractivity contribution < 1.29 is 14.3 Å². The lowest BCUT2D eigenvalue weighted by Crippen LogP contribution is -2.00. The molecule has 2 aromatic rings. The third-order valence-electron chi connectivity index (χ3n) is 3.31. The number of fused-ring (bicyclic) bond motifs is 1. The van der Waals surface area contributed by atoms with Gasteiger partial charge in [0.15, 0.2) is 6.29 Å². The van der Waals surface area contributed by atoms with Crippen molar-refractivity contribution in [3.05, 3.63) is 57.1 Å². The normalized spacial score (nSPS) is 12.7. The average Bonchev–Trinajstić information content (AvgIpc) is 2.93. The number of halogens is 2. The Hall–Kier alpha value is -1.71. The van der Waals surface area contributed by atoms with Crippen LogP contribution >= 0.6 is 23.2 Å². The summed E-state index contributed by atoms with van der Waals surface area (Å²) in [5.74, 6) is 1.32. The Bertz CT molecular complexity index is 698. The SMILES string of the molecule is O=Cc1cc(Cl)ccc1OCc1cc(Cl)cc2c1OCC2. The van der Waals surface area contributed by atoms with Crippen LogP contribution in [0.5, 0.6) is 11.5 Å². The molecule has 0 bridgehead atoms. The van der Waals surface area contributed by atoms with Gasteiger partial charge < -0.3 is 9.47 Å². The highest BCUT2D eigenvalue weighted by Gasteiger charge is 2.18. The summed E-state index contributed by atoms with van der Waals surface area (Å²) in [6.45, 7) is 0.939. The third-order valence-corrected chi connectivity index (χ3v) is 3.76. The van der Waals surface area contributed by atoms with Crippen molar-refractivity contribution in [1.82, 2.24) is 0 Å². The van der Waals surface area contributed by atoms with Crippen molar-refractivity contribution in [2.45, 2.75) is 13.0 Å². The number of carbonyl (C=O) groups excluding carboxylic acids is 1. The number of aldehydes is 1. The first kappa shape index (κ1) is 14.2. The molecule has 3 nitrogen and oxygen atoms in total. The van der Waals surface area contributed by atoms with Crippen LogP contribution in [-0.2, 0) is 13.0 Å². The molecule has 0 radical (unpaired) electrons. The molecule has 0 N–H and O–H groups in total. The van der Waals surface area contributed by atoms with E-state index in [0.717, 1.165) is 29.6 Å². The molecule has 1 aliphatic rings. The average molecular weight is 323 g/mol. The second-order valence-corrected chi connectivity index (χ2v) is 5.61. The van der Waals surface area contributed by atoms with Crippen LogP contribution in [-0.4, -0.2) is 12.9 Å². The van der Waals surface area contributed by atoms with Crippen molar-refractivity contribution in [3.8, 4) is 11.5 Å². The van der Waals surface area contributed by atoms with Gasteiger partial charge in [-0.15, -0.1) is 0 Å². The molecule has 1 aliphatic heterocycles. The van der Waals surface area contributed by atoms with Gasteiger partial charge in [0.2, 0.25) is 0 Å². The Morgan fingerprint density at radius 3 is 2.86 bits per heavy atom. The molecule has 3 rings (SSSR count). The highest BCUT2D eigenvalue weighted by atomic mass is 35.5. The maximum Gasteiger partial charge on any atom is 0.153 e. The number of hydrogen-bond donors (Lipinski definition) is 0. The minimum Gasteiger partial charge on any atom is -0.493 e. The predicted octanol–water partition coefficient (Wildman–Crippen LogP) is 4.32. The molecule has 0 saturated heterocycles. The van der Waals surface area contributed by atoms with Crippen LogP contribution in [0.15, 0.2) is 30.3 Å². The lowest BCUT2D eigenvalue weighted by Gasteiger charge is -2.12. The Morgan fingerprint density at radius 1 is 1.19 bits per heavy atom. The van der Waals surface area contributed by atoms with E-state index >= 15 is 0 Å². The van der Waals surface area contributed by atoms with Crippen LogP contribution in [0.2, 0.25) is 10.0 Å².